The fourth-order valence-electron chi connectivity index (χ4n) is 3.83. The number of aliphatic carboxylic acids is 1. The second-order valence-electron chi connectivity index (χ2n) is 9.06. The van der Waals surface area contributed by atoms with Crippen LogP contribution in [0, 0.1) is 23.4 Å². The number of halogens is 3. The first-order chi connectivity index (χ1) is 16.0. The van der Waals surface area contributed by atoms with Gasteiger partial charge in [-0.2, -0.15) is 0 Å². The highest BCUT2D eigenvalue weighted by Crippen LogP contribution is 2.37. The molecule has 1 fully saturated rings. The lowest BCUT2D eigenvalue weighted by Gasteiger charge is -2.36. The minimum absolute atomic E-state index is 0.0360. The molecule has 1 saturated carbocycles. The fraction of sp³-hybridized carbons (Fsp3) is 0.522. The molecule has 0 unspecified atom stereocenters. The first kappa shape index (κ1) is 26.3. The van der Waals surface area contributed by atoms with Gasteiger partial charge in [-0.3, -0.25) is 10.1 Å². The van der Waals surface area contributed by atoms with E-state index in [0.29, 0.717) is 15.3 Å². The third kappa shape index (κ3) is 6.65. The number of hydrogen-bond acceptors (Lipinski definition) is 5. The molecular formula is C23H28F3N3O3S2. The Morgan fingerprint density at radius 3 is 2.41 bits per heavy atom. The number of hydrogen-bond donors (Lipinski definition) is 2. The van der Waals surface area contributed by atoms with Gasteiger partial charge in [0.2, 0.25) is 0 Å². The van der Waals surface area contributed by atoms with Gasteiger partial charge in [0.15, 0.2) is 22.6 Å². The van der Waals surface area contributed by atoms with Crippen molar-refractivity contribution in [3.8, 4) is 0 Å². The molecule has 3 rings (SSSR count). The average molecular weight is 516 g/mol. The Hall–Kier alpha value is -2.27. The number of carboxylic acids is 1. The number of carbonyl (C=O) groups is 2. The summed E-state index contributed by atoms with van der Waals surface area (Å²) in [5.74, 6) is -4.41. The number of anilines is 1. The average Bonchev–Trinajstić information content (AvgIpc) is 3.19. The molecule has 0 spiro atoms. The van der Waals surface area contributed by atoms with Crippen LogP contribution in [0.2, 0.25) is 0 Å². The Morgan fingerprint density at radius 2 is 1.82 bits per heavy atom. The second-order valence-corrected chi connectivity index (χ2v) is 12.0. The van der Waals surface area contributed by atoms with E-state index < -0.39 is 28.2 Å². The van der Waals surface area contributed by atoms with Crippen LogP contribution in [0.4, 0.5) is 23.1 Å². The van der Waals surface area contributed by atoms with Crippen LogP contribution in [0.1, 0.15) is 52.0 Å². The molecular weight excluding hydrogens is 487 g/mol. The van der Waals surface area contributed by atoms with Crippen LogP contribution in [0.3, 0.4) is 0 Å². The minimum atomic E-state index is -1.51. The highest BCUT2D eigenvalue weighted by molar-refractivity contribution is 8.03. The van der Waals surface area contributed by atoms with Crippen LogP contribution < -0.4 is 5.32 Å². The lowest BCUT2D eigenvalue weighted by atomic mass is 9.86. The van der Waals surface area contributed by atoms with E-state index in [1.165, 1.54) is 17.5 Å². The van der Waals surface area contributed by atoms with Gasteiger partial charge >= 0.3 is 12.0 Å². The first-order valence-corrected chi connectivity index (χ1v) is 12.7. The molecule has 0 aliphatic heterocycles. The number of nitrogens with one attached hydrogen (secondary N) is 1. The summed E-state index contributed by atoms with van der Waals surface area (Å²) in [4.78, 5) is 30.4. The third-order valence-electron chi connectivity index (χ3n) is 5.94. The third-order valence-corrected chi connectivity index (χ3v) is 8.14. The van der Waals surface area contributed by atoms with E-state index in [9.17, 15) is 27.9 Å². The van der Waals surface area contributed by atoms with E-state index in [4.69, 9.17) is 0 Å². The lowest BCUT2D eigenvalue weighted by Crippen LogP contribution is -2.45. The molecule has 0 bridgehead atoms. The van der Waals surface area contributed by atoms with Crippen LogP contribution in [0.5, 0.6) is 0 Å². The monoisotopic (exact) mass is 515 g/mol. The minimum Gasteiger partial charge on any atom is -0.480 e. The fourth-order valence-corrected chi connectivity index (χ4v) is 6.09. The molecule has 0 radical (unpaired) electrons. The van der Waals surface area contributed by atoms with Gasteiger partial charge in [0.05, 0.1) is 10.4 Å². The Morgan fingerprint density at radius 1 is 1.21 bits per heavy atom. The Labute approximate surface area is 204 Å². The van der Waals surface area contributed by atoms with E-state index in [-0.39, 0.29) is 30.6 Å². The smallest absolute Gasteiger partial charge is 0.323 e. The van der Waals surface area contributed by atoms with E-state index >= 15 is 0 Å². The zero-order chi connectivity index (χ0) is 25.0. The van der Waals surface area contributed by atoms with E-state index in [0.717, 1.165) is 49.6 Å². The van der Waals surface area contributed by atoms with Crippen LogP contribution in [-0.2, 0) is 11.2 Å². The molecule has 1 aromatic heterocycles. The molecule has 1 aliphatic carbocycles. The lowest BCUT2D eigenvalue weighted by molar-refractivity contribution is -0.138. The molecule has 11 heteroatoms. The maximum Gasteiger partial charge on any atom is 0.323 e. The summed E-state index contributed by atoms with van der Waals surface area (Å²) in [6.45, 7) is 5.54. The van der Waals surface area contributed by atoms with Gasteiger partial charge in [-0.1, -0.05) is 30.0 Å². The zero-order valence-corrected chi connectivity index (χ0v) is 20.9. The van der Waals surface area contributed by atoms with Crippen LogP contribution in [-0.4, -0.2) is 44.3 Å². The number of aromatic nitrogens is 1. The number of thioether (sulfide) groups is 1. The van der Waals surface area contributed by atoms with Gasteiger partial charge in [-0.25, -0.2) is 22.9 Å². The highest BCUT2D eigenvalue weighted by atomic mass is 32.2. The Balaban J connectivity index is 1.72. The van der Waals surface area contributed by atoms with Gasteiger partial charge in [0.25, 0.3) is 0 Å². The van der Waals surface area contributed by atoms with Crippen molar-refractivity contribution in [3.05, 3.63) is 41.3 Å². The number of rotatable bonds is 8. The van der Waals surface area contributed by atoms with Crippen molar-refractivity contribution in [3.63, 3.8) is 0 Å². The number of amides is 2. The number of nitrogens with zero attached hydrogens (tertiary/aromatic N) is 2. The normalized spacial score (nSPS) is 18.5. The molecule has 0 saturated heterocycles. The summed E-state index contributed by atoms with van der Waals surface area (Å²) in [7, 11) is 0. The van der Waals surface area contributed by atoms with Gasteiger partial charge in [-0.15, -0.1) is 0 Å². The first-order valence-electron chi connectivity index (χ1n) is 11.1. The maximum atomic E-state index is 13.6. The van der Waals surface area contributed by atoms with Crippen LogP contribution in [0.15, 0.2) is 22.5 Å². The van der Waals surface area contributed by atoms with Crippen molar-refractivity contribution in [1.82, 2.24) is 9.88 Å². The van der Waals surface area contributed by atoms with Crippen molar-refractivity contribution in [2.75, 3.05) is 11.9 Å². The van der Waals surface area contributed by atoms with Gasteiger partial charge < -0.3 is 10.0 Å². The van der Waals surface area contributed by atoms with E-state index in [1.807, 2.05) is 0 Å². The van der Waals surface area contributed by atoms with Crippen LogP contribution >= 0.6 is 23.1 Å². The van der Waals surface area contributed by atoms with Crippen molar-refractivity contribution in [2.45, 2.75) is 67.9 Å². The predicted octanol–water partition coefficient (Wildman–Crippen LogP) is 6.17. The molecule has 1 aliphatic rings. The van der Waals surface area contributed by atoms with Crippen molar-refractivity contribution in [1.29, 1.82) is 0 Å². The molecule has 1 aromatic carbocycles. The summed E-state index contributed by atoms with van der Waals surface area (Å²) >= 11 is 2.32. The molecule has 34 heavy (non-hydrogen) atoms. The maximum absolute atomic E-state index is 13.6. The summed E-state index contributed by atoms with van der Waals surface area (Å²) in [5, 5.41) is 12.4. The number of thiazole rings is 1. The van der Waals surface area contributed by atoms with E-state index in [1.54, 1.807) is 18.7 Å². The van der Waals surface area contributed by atoms with Gasteiger partial charge in [0.1, 0.15) is 4.75 Å². The van der Waals surface area contributed by atoms with Crippen molar-refractivity contribution >= 4 is 40.2 Å². The summed E-state index contributed by atoms with van der Waals surface area (Å²) in [5.41, 5.74) is 0.266. The molecule has 0 atom stereocenters. The van der Waals surface area contributed by atoms with Crippen molar-refractivity contribution in [2.24, 2.45) is 5.92 Å². The van der Waals surface area contributed by atoms with Gasteiger partial charge in [0, 0.05) is 12.6 Å². The molecule has 186 valence electrons. The Bertz CT molecular complexity index is 1020. The Kier molecular flexibility index (Phi) is 8.51. The molecule has 2 amide bonds. The standard InChI is InChI=1S/C23H28F3N3O3S2/c1-13-4-6-15(7-5-13)29(9-8-14-10-16(24)19(26)17(25)11-14)22(32)28-21-27-12-18(33-21)34-23(2,3)20(30)31/h10-13,15H,4-9H2,1-3H3,(H,30,31)(H,27,28,32). The number of benzene rings is 1. The summed E-state index contributed by atoms with van der Waals surface area (Å²) in [6, 6.07) is 1.48. The summed E-state index contributed by atoms with van der Waals surface area (Å²) < 4.78 is 40.1. The topological polar surface area (TPSA) is 82.5 Å². The number of urea groups is 1. The second kappa shape index (κ2) is 11.0. The zero-order valence-electron chi connectivity index (χ0n) is 19.2. The molecule has 2 N–H and O–H groups in total. The van der Waals surface area contributed by atoms with Crippen molar-refractivity contribution < 1.29 is 27.9 Å². The number of carbonyl (C=O) groups excluding carboxylic acids is 1. The van der Waals surface area contributed by atoms with Gasteiger partial charge in [-0.05, 0) is 69.6 Å². The largest absolute Gasteiger partial charge is 0.480 e. The SMILES string of the molecule is CC1CCC(N(CCc2cc(F)c(F)c(F)c2)C(=O)Nc2ncc(SC(C)(C)C(=O)O)s2)CC1. The molecule has 1 heterocycles. The quantitative estimate of drug-likeness (QED) is 0.325. The van der Waals surface area contributed by atoms with E-state index in [2.05, 4.69) is 17.2 Å². The summed E-state index contributed by atoms with van der Waals surface area (Å²) in [6.07, 6.45) is 5.25. The van der Waals surface area contributed by atoms with Crippen LogP contribution in [0.25, 0.3) is 0 Å². The predicted molar refractivity (Wildman–Crippen MR) is 127 cm³/mol. The molecule has 6 nitrogen and oxygen atoms in total. The number of carboxylic acid groups (broad SMARTS) is 1. The molecule has 2 aromatic rings. The highest BCUT2D eigenvalue weighted by Gasteiger charge is 2.31.